The monoisotopic (exact) mass is 636 g/mol. The molecular formula is C26H26Br2N2O5S. The maximum atomic E-state index is 13.0. The number of ether oxygens (including phenoxy) is 2. The molecule has 2 aromatic rings. The van der Waals surface area contributed by atoms with Crippen molar-refractivity contribution in [3.63, 3.8) is 0 Å². The second-order valence-electron chi connectivity index (χ2n) is 8.50. The van der Waals surface area contributed by atoms with Gasteiger partial charge in [0.25, 0.3) is 11.1 Å². The summed E-state index contributed by atoms with van der Waals surface area (Å²) in [6.07, 6.45) is 5.73. The number of halogens is 2. The fraction of sp³-hybridized carbons (Fsp3) is 0.346. The number of thioether (sulfide) groups is 1. The highest BCUT2D eigenvalue weighted by molar-refractivity contribution is 9.10. The van der Waals surface area contributed by atoms with E-state index in [0.29, 0.717) is 41.2 Å². The summed E-state index contributed by atoms with van der Waals surface area (Å²) in [6, 6.07) is 11.3. The first-order chi connectivity index (χ1) is 17.4. The molecule has 190 valence electrons. The maximum absolute atomic E-state index is 13.0. The van der Waals surface area contributed by atoms with Gasteiger partial charge in [-0.3, -0.25) is 19.3 Å². The molecule has 0 saturated carbocycles. The summed E-state index contributed by atoms with van der Waals surface area (Å²) in [5.41, 5.74) is 1.66. The Morgan fingerprint density at radius 1 is 1.03 bits per heavy atom. The van der Waals surface area contributed by atoms with E-state index in [-0.39, 0.29) is 17.4 Å². The molecule has 4 rings (SSSR count). The van der Waals surface area contributed by atoms with Crippen molar-refractivity contribution in [1.82, 2.24) is 9.80 Å². The topological polar surface area (TPSA) is 76.2 Å². The van der Waals surface area contributed by atoms with Crippen molar-refractivity contribution >= 4 is 66.8 Å². The van der Waals surface area contributed by atoms with Gasteiger partial charge < -0.3 is 14.4 Å². The quantitative estimate of drug-likeness (QED) is 0.335. The van der Waals surface area contributed by atoms with Gasteiger partial charge in [-0.25, -0.2) is 0 Å². The first-order valence-corrected chi connectivity index (χ1v) is 14.0. The van der Waals surface area contributed by atoms with Gasteiger partial charge >= 0.3 is 0 Å². The summed E-state index contributed by atoms with van der Waals surface area (Å²) in [5.74, 6) is 0.392. The van der Waals surface area contributed by atoms with Gasteiger partial charge in [0.05, 0.1) is 12.0 Å². The SMILES string of the molecule is COc1cc(C=C2SC(=O)N(CC(=O)N3CCCCCC3)C2=O)c(Br)cc1OCc1ccc(Br)cc1. The zero-order valence-electron chi connectivity index (χ0n) is 19.8. The fourth-order valence-corrected chi connectivity index (χ4v) is 5.54. The van der Waals surface area contributed by atoms with Crippen molar-refractivity contribution in [2.45, 2.75) is 32.3 Å². The normalized spacial score (nSPS) is 17.5. The number of rotatable bonds is 7. The smallest absolute Gasteiger partial charge is 0.294 e. The molecule has 2 aliphatic heterocycles. The van der Waals surface area contributed by atoms with E-state index >= 15 is 0 Å². The number of hydrogen-bond donors (Lipinski definition) is 0. The Morgan fingerprint density at radius 2 is 1.72 bits per heavy atom. The lowest BCUT2D eigenvalue weighted by atomic mass is 10.1. The van der Waals surface area contributed by atoms with Gasteiger partial charge in [0, 0.05) is 22.0 Å². The summed E-state index contributed by atoms with van der Waals surface area (Å²) in [7, 11) is 1.54. The Bertz CT molecular complexity index is 1180. The highest BCUT2D eigenvalue weighted by Gasteiger charge is 2.37. The molecule has 0 bridgehead atoms. The average molecular weight is 638 g/mol. The van der Waals surface area contributed by atoms with Crippen molar-refractivity contribution in [2.24, 2.45) is 0 Å². The molecule has 2 saturated heterocycles. The third kappa shape index (κ3) is 6.52. The lowest BCUT2D eigenvalue weighted by Crippen LogP contribution is -2.42. The highest BCUT2D eigenvalue weighted by atomic mass is 79.9. The fourth-order valence-electron chi connectivity index (χ4n) is 4.01. The second-order valence-corrected chi connectivity index (χ2v) is 11.3. The molecule has 36 heavy (non-hydrogen) atoms. The van der Waals surface area contributed by atoms with Crippen LogP contribution >= 0.6 is 43.6 Å². The van der Waals surface area contributed by atoms with Crippen LogP contribution in [0.5, 0.6) is 11.5 Å². The summed E-state index contributed by atoms with van der Waals surface area (Å²) < 4.78 is 13.1. The minimum atomic E-state index is -0.463. The predicted molar refractivity (Wildman–Crippen MR) is 147 cm³/mol. The van der Waals surface area contributed by atoms with Gasteiger partial charge in [-0.15, -0.1) is 0 Å². The first-order valence-electron chi connectivity index (χ1n) is 11.6. The van der Waals surface area contributed by atoms with Crippen LogP contribution in [-0.2, 0) is 16.2 Å². The van der Waals surface area contributed by atoms with Crippen LogP contribution in [0.1, 0.15) is 36.8 Å². The Balaban J connectivity index is 1.47. The highest BCUT2D eigenvalue weighted by Crippen LogP contribution is 2.38. The van der Waals surface area contributed by atoms with Crippen molar-refractivity contribution in [3.8, 4) is 11.5 Å². The Morgan fingerprint density at radius 3 is 2.39 bits per heavy atom. The molecular weight excluding hydrogens is 612 g/mol. The lowest BCUT2D eigenvalue weighted by molar-refractivity contribution is -0.135. The zero-order valence-corrected chi connectivity index (χ0v) is 23.8. The molecule has 0 aromatic heterocycles. The van der Waals surface area contributed by atoms with E-state index in [1.165, 1.54) is 0 Å². The van der Waals surface area contributed by atoms with Crippen molar-refractivity contribution in [1.29, 1.82) is 0 Å². The second kappa shape index (κ2) is 12.3. The number of carbonyl (C=O) groups is 3. The van der Waals surface area contributed by atoms with Crippen molar-refractivity contribution in [2.75, 3.05) is 26.7 Å². The molecule has 2 heterocycles. The van der Waals surface area contributed by atoms with Crippen LogP contribution in [0, 0.1) is 0 Å². The molecule has 2 aromatic carbocycles. The first kappa shape index (κ1) is 26.8. The van der Waals surface area contributed by atoms with E-state index in [4.69, 9.17) is 9.47 Å². The summed E-state index contributed by atoms with van der Waals surface area (Å²) in [6.45, 7) is 1.48. The lowest BCUT2D eigenvalue weighted by Gasteiger charge is -2.22. The minimum absolute atomic E-state index is 0.185. The van der Waals surface area contributed by atoms with E-state index in [0.717, 1.165) is 52.4 Å². The zero-order chi connectivity index (χ0) is 25.7. The number of benzene rings is 2. The van der Waals surface area contributed by atoms with Gasteiger partial charge in [-0.1, -0.05) is 56.8 Å². The molecule has 2 aliphatic rings. The Kier molecular flexibility index (Phi) is 9.14. The number of hydrogen-bond acceptors (Lipinski definition) is 6. The standard InChI is InChI=1S/C26H26Br2N2O5S/c1-34-21-12-18(20(28)14-22(21)35-16-17-6-8-19(27)9-7-17)13-23-25(32)30(26(33)36-23)15-24(31)29-10-4-2-3-5-11-29/h6-9,12-14H,2-5,10-11,15-16H2,1H3. The van der Waals surface area contributed by atoms with Crippen LogP contribution in [0.3, 0.4) is 0 Å². The maximum Gasteiger partial charge on any atom is 0.294 e. The van der Waals surface area contributed by atoms with Gasteiger partial charge in [-0.2, -0.15) is 0 Å². The molecule has 0 radical (unpaired) electrons. The summed E-state index contributed by atoms with van der Waals surface area (Å²) >= 11 is 7.79. The van der Waals surface area contributed by atoms with E-state index in [2.05, 4.69) is 31.9 Å². The van der Waals surface area contributed by atoms with E-state index in [1.807, 2.05) is 24.3 Å². The van der Waals surface area contributed by atoms with Crippen LogP contribution in [0.4, 0.5) is 4.79 Å². The Hall–Kier alpha value is -2.30. The molecule has 0 N–H and O–H groups in total. The number of nitrogens with zero attached hydrogens (tertiary/aromatic N) is 2. The molecule has 0 unspecified atom stereocenters. The van der Waals surface area contributed by atoms with Crippen LogP contribution < -0.4 is 9.47 Å². The van der Waals surface area contributed by atoms with Crippen molar-refractivity contribution in [3.05, 3.63) is 61.4 Å². The number of methoxy groups -OCH3 is 1. The van der Waals surface area contributed by atoms with Crippen LogP contribution in [0.25, 0.3) is 6.08 Å². The third-order valence-electron chi connectivity index (χ3n) is 6.00. The van der Waals surface area contributed by atoms with E-state index in [1.54, 1.807) is 30.2 Å². The molecule has 3 amide bonds. The number of carbonyl (C=O) groups excluding carboxylic acids is 3. The summed E-state index contributed by atoms with van der Waals surface area (Å²) in [4.78, 5) is 41.3. The van der Waals surface area contributed by atoms with E-state index in [9.17, 15) is 14.4 Å². The number of amides is 3. The number of imide groups is 1. The molecule has 0 spiro atoms. The van der Waals surface area contributed by atoms with E-state index < -0.39 is 11.1 Å². The molecule has 7 nitrogen and oxygen atoms in total. The van der Waals surface area contributed by atoms with Gasteiger partial charge in [0.15, 0.2) is 11.5 Å². The molecule has 0 aliphatic carbocycles. The largest absolute Gasteiger partial charge is 0.493 e. The number of likely N-dealkylation sites (tertiary alicyclic amines) is 1. The molecule has 2 fully saturated rings. The Labute approximate surface area is 231 Å². The predicted octanol–water partition coefficient (Wildman–Crippen LogP) is 6.24. The van der Waals surface area contributed by atoms with Crippen LogP contribution in [-0.4, -0.2) is 53.6 Å². The van der Waals surface area contributed by atoms with Gasteiger partial charge in [0.2, 0.25) is 5.91 Å². The summed E-state index contributed by atoms with van der Waals surface area (Å²) in [5, 5.41) is -0.438. The minimum Gasteiger partial charge on any atom is -0.493 e. The van der Waals surface area contributed by atoms with Crippen LogP contribution in [0.2, 0.25) is 0 Å². The molecule has 0 atom stereocenters. The van der Waals surface area contributed by atoms with Crippen molar-refractivity contribution < 1.29 is 23.9 Å². The third-order valence-corrected chi connectivity index (χ3v) is 8.13. The van der Waals surface area contributed by atoms with Gasteiger partial charge in [-0.05, 0) is 66.1 Å². The molecule has 10 heteroatoms. The average Bonchev–Trinajstić information content (AvgIpc) is 3.05. The van der Waals surface area contributed by atoms with Gasteiger partial charge in [0.1, 0.15) is 13.2 Å². The van der Waals surface area contributed by atoms with Crippen LogP contribution in [0.15, 0.2) is 50.2 Å².